The molecule has 104 valence electrons. The number of hydrogen-bond donors (Lipinski definition) is 1. The average molecular weight is 261 g/mol. The maximum absolute atomic E-state index is 12.2. The molecule has 2 rings (SSSR count). The van der Waals surface area contributed by atoms with Gasteiger partial charge in [-0.15, -0.1) is 0 Å². The van der Waals surface area contributed by atoms with Crippen molar-refractivity contribution >= 4 is 5.78 Å². The molecule has 1 atom stereocenters. The zero-order chi connectivity index (χ0) is 14.1. The summed E-state index contributed by atoms with van der Waals surface area (Å²) in [6.07, 6.45) is 1.02. The number of Topliss-reactive ketones (excluding diaryl/α,β-unsaturated/α-hetero) is 1. The Hall–Kier alpha value is -1.19. The first-order valence-electron chi connectivity index (χ1n) is 6.81. The van der Waals surface area contributed by atoms with Crippen molar-refractivity contribution in [1.82, 2.24) is 0 Å². The Morgan fingerprint density at radius 2 is 1.95 bits per heavy atom. The zero-order valence-corrected chi connectivity index (χ0v) is 12.0. The fraction of sp³-hybridized carbons (Fsp3) is 0.562. The smallest absolute Gasteiger partial charge is 0.159 e. The van der Waals surface area contributed by atoms with Gasteiger partial charge in [-0.2, -0.15) is 0 Å². The van der Waals surface area contributed by atoms with E-state index in [2.05, 4.69) is 32.9 Å². The molecule has 1 saturated heterocycles. The van der Waals surface area contributed by atoms with E-state index in [-0.39, 0.29) is 11.2 Å². The second-order valence-corrected chi connectivity index (χ2v) is 6.51. The van der Waals surface area contributed by atoms with Crippen LogP contribution in [-0.2, 0) is 21.4 Å². The highest BCUT2D eigenvalue weighted by atomic mass is 16.5. The lowest BCUT2D eigenvalue weighted by atomic mass is 9.85. The fourth-order valence-corrected chi connectivity index (χ4v) is 2.28. The van der Waals surface area contributed by atoms with Crippen LogP contribution >= 0.6 is 0 Å². The molecule has 1 heterocycles. The van der Waals surface area contributed by atoms with Crippen molar-refractivity contribution in [3.8, 4) is 0 Å². The van der Waals surface area contributed by atoms with Gasteiger partial charge in [-0.1, -0.05) is 45.0 Å². The summed E-state index contributed by atoms with van der Waals surface area (Å²) >= 11 is 0. The van der Waals surface area contributed by atoms with E-state index < -0.39 is 5.54 Å². The Morgan fingerprint density at radius 3 is 2.42 bits per heavy atom. The van der Waals surface area contributed by atoms with Crippen LogP contribution in [0.25, 0.3) is 0 Å². The van der Waals surface area contributed by atoms with Crippen LogP contribution in [0.3, 0.4) is 0 Å². The third-order valence-electron chi connectivity index (χ3n) is 3.79. The molecule has 1 unspecified atom stereocenters. The molecule has 1 aliphatic heterocycles. The van der Waals surface area contributed by atoms with Crippen molar-refractivity contribution in [2.24, 2.45) is 5.73 Å². The summed E-state index contributed by atoms with van der Waals surface area (Å²) in [5.41, 5.74) is 7.73. The number of rotatable bonds is 3. The molecule has 0 radical (unpaired) electrons. The first-order chi connectivity index (χ1) is 8.81. The van der Waals surface area contributed by atoms with Crippen molar-refractivity contribution in [2.75, 3.05) is 13.2 Å². The molecule has 0 bridgehead atoms. The Morgan fingerprint density at radius 1 is 1.32 bits per heavy atom. The Bertz CT molecular complexity index is 451. The Balaban J connectivity index is 2.06. The zero-order valence-electron chi connectivity index (χ0n) is 12.0. The lowest BCUT2D eigenvalue weighted by Gasteiger charge is -2.21. The average Bonchev–Trinajstić information content (AvgIpc) is 2.77. The normalized spacial score (nSPS) is 23.6. The van der Waals surface area contributed by atoms with E-state index in [1.807, 2.05) is 12.1 Å². The van der Waals surface area contributed by atoms with Crippen LogP contribution in [0.1, 0.15) is 38.3 Å². The quantitative estimate of drug-likeness (QED) is 0.907. The molecule has 0 aliphatic carbocycles. The van der Waals surface area contributed by atoms with Crippen molar-refractivity contribution < 1.29 is 9.53 Å². The lowest BCUT2D eigenvalue weighted by Crippen LogP contribution is -2.49. The highest BCUT2D eigenvalue weighted by Gasteiger charge is 2.37. The van der Waals surface area contributed by atoms with Gasteiger partial charge in [-0.05, 0) is 23.0 Å². The number of ketones is 1. The molecule has 2 N–H and O–H groups in total. The van der Waals surface area contributed by atoms with E-state index in [4.69, 9.17) is 10.5 Å². The minimum Gasteiger partial charge on any atom is -0.379 e. The molecule has 3 nitrogen and oxygen atoms in total. The SMILES string of the molecule is CC(C)(C)c1ccc(CC(=O)C2(N)CCOC2)cc1. The second kappa shape index (κ2) is 5.06. The first-order valence-corrected chi connectivity index (χ1v) is 6.81. The number of ether oxygens (including phenoxy) is 1. The van der Waals surface area contributed by atoms with E-state index in [0.29, 0.717) is 26.1 Å². The van der Waals surface area contributed by atoms with Crippen LogP contribution in [-0.4, -0.2) is 24.5 Å². The van der Waals surface area contributed by atoms with Crippen molar-refractivity contribution in [2.45, 2.75) is 44.6 Å². The molecular formula is C16H23NO2. The van der Waals surface area contributed by atoms with Gasteiger partial charge < -0.3 is 10.5 Å². The highest BCUT2D eigenvalue weighted by Crippen LogP contribution is 2.23. The van der Waals surface area contributed by atoms with Gasteiger partial charge in [0.15, 0.2) is 5.78 Å². The standard InChI is InChI=1S/C16H23NO2/c1-15(2,3)13-6-4-12(5-7-13)10-14(18)16(17)8-9-19-11-16/h4-7H,8-11,17H2,1-3H3. The summed E-state index contributed by atoms with van der Waals surface area (Å²) in [5, 5.41) is 0. The molecule has 1 fully saturated rings. The van der Waals surface area contributed by atoms with Gasteiger partial charge in [-0.25, -0.2) is 0 Å². The van der Waals surface area contributed by atoms with Gasteiger partial charge in [0.05, 0.1) is 6.61 Å². The topological polar surface area (TPSA) is 52.3 Å². The number of carbonyl (C=O) groups excluding carboxylic acids is 1. The van der Waals surface area contributed by atoms with E-state index >= 15 is 0 Å². The fourth-order valence-electron chi connectivity index (χ4n) is 2.28. The summed E-state index contributed by atoms with van der Waals surface area (Å²) in [6.45, 7) is 7.48. The van der Waals surface area contributed by atoms with E-state index in [9.17, 15) is 4.79 Å². The van der Waals surface area contributed by atoms with Gasteiger partial charge in [0, 0.05) is 13.0 Å². The van der Waals surface area contributed by atoms with Gasteiger partial charge in [0.1, 0.15) is 5.54 Å². The van der Waals surface area contributed by atoms with Gasteiger partial charge in [0.25, 0.3) is 0 Å². The van der Waals surface area contributed by atoms with Crippen molar-refractivity contribution in [3.05, 3.63) is 35.4 Å². The first kappa shape index (κ1) is 14.2. The number of carbonyl (C=O) groups is 1. The molecule has 3 heteroatoms. The predicted octanol–water partition coefficient (Wildman–Crippen LogP) is 2.21. The van der Waals surface area contributed by atoms with Crippen LogP contribution in [0, 0.1) is 0 Å². The number of benzene rings is 1. The van der Waals surface area contributed by atoms with Crippen LogP contribution in [0.15, 0.2) is 24.3 Å². The molecule has 0 aromatic heterocycles. The Labute approximate surface area is 115 Å². The molecule has 1 aromatic rings. The maximum atomic E-state index is 12.2. The second-order valence-electron chi connectivity index (χ2n) is 6.51. The van der Waals surface area contributed by atoms with Gasteiger partial charge in [-0.3, -0.25) is 4.79 Å². The third-order valence-corrected chi connectivity index (χ3v) is 3.79. The van der Waals surface area contributed by atoms with Crippen LogP contribution in [0.4, 0.5) is 0 Å². The largest absolute Gasteiger partial charge is 0.379 e. The molecule has 1 aromatic carbocycles. The van der Waals surface area contributed by atoms with Crippen LogP contribution in [0.2, 0.25) is 0 Å². The molecule has 19 heavy (non-hydrogen) atoms. The Kier molecular flexibility index (Phi) is 3.79. The predicted molar refractivity (Wildman–Crippen MR) is 76.2 cm³/mol. The van der Waals surface area contributed by atoms with Crippen LogP contribution in [0.5, 0.6) is 0 Å². The summed E-state index contributed by atoms with van der Waals surface area (Å²) < 4.78 is 5.24. The monoisotopic (exact) mass is 261 g/mol. The molecule has 1 aliphatic rings. The van der Waals surface area contributed by atoms with Crippen LogP contribution < -0.4 is 5.73 Å². The maximum Gasteiger partial charge on any atom is 0.159 e. The minimum atomic E-state index is -0.775. The number of hydrogen-bond acceptors (Lipinski definition) is 3. The van der Waals surface area contributed by atoms with Gasteiger partial charge in [0.2, 0.25) is 0 Å². The highest BCUT2D eigenvalue weighted by molar-refractivity contribution is 5.90. The molecule has 0 saturated carbocycles. The third kappa shape index (κ3) is 3.23. The summed E-state index contributed by atoms with van der Waals surface area (Å²) in [5.74, 6) is 0.0773. The summed E-state index contributed by atoms with van der Waals surface area (Å²) in [7, 11) is 0. The van der Waals surface area contributed by atoms with E-state index in [1.54, 1.807) is 0 Å². The molecule has 0 spiro atoms. The summed E-state index contributed by atoms with van der Waals surface area (Å²) in [6, 6.07) is 8.24. The lowest BCUT2D eigenvalue weighted by molar-refractivity contribution is -0.123. The van der Waals surface area contributed by atoms with Crippen molar-refractivity contribution in [3.63, 3.8) is 0 Å². The molecule has 0 amide bonds. The van der Waals surface area contributed by atoms with E-state index in [1.165, 1.54) is 5.56 Å². The number of nitrogens with two attached hydrogens (primary N) is 1. The molecular weight excluding hydrogens is 238 g/mol. The summed E-state index contributed by atoms with van der Waals surface area (Å²) in [4.78, 5) is 12.2. The minimum absolute atomic E-state index is 0.0773. The van der Waals surface area contributed by atoms with Crippen molar-refractivity contribution in [1.29, 1.82) is 0 Å². The van der Waals surface area contributed by atoms with Gasteiger partial charge >= 0.3 is 0 Å². The van der Waals surface area contributed by atoms with E-state index in [0.717, 1.165) is 5.56 Å².